The number of benzene rings is 1. The second-order valence-electron chi connectivity index (χ2n) is 7.38. The molecule has 2 fully saturated rings. The average Bonchev–Trinajstić information content (AvgIpc) is 2.64. The van der Waals surface area contributed by atoms with Crippen LogP contribution in [0.3, 0.4) is 0 Å². The number of carboxylic acid groups (broad SMARTS) is 1. The van der Waals surface area contributed by atoms with E-state index in [4.69, 9.17) is 0 Å². The normalized spacial score (nSPS) is 25.4. The minimum absolute atomic E-state index is 0.0476. The Labute approximate surface area is 149 Å². The number of rotatable bonds is 5. The van der Waals surface area contributed by atoms with Crippen LogP contribution in [0.4, 0.5) is 0 Å². The van der Waals surface area contributed by atoms with Crippen molar-refractivity contribution in [3.63, 3.8) is 0 Å². The smallest absolute Gasteiger partial charge is 0.307 e. The van der Waals surface area contributed by atoms with Gasteiger partial charge in [-0.25, -0.2) is 0 Å². The number of hydrogen-bond donors (Lipinski definition) is 2. The first-order valence-electron chi connectivity index (χ1n) is 9.43. The molecular formula is C20H28N2O3. The van der Waals surface area contributed by atoms with Crippen molar-refractivity contribution in [2.24, 2.45) is 11.8 Å². The van der Waals surface area contributed by atoms with E-state index in [0.29, 0.717) is 12.8 Å². The van der Waals surface area contributed by atoms with Gasteiger partial charge in [-0.3, -0.25) is 14.5 Å². The Bertz CT molecular complexity index is 582. The summed E-state index contributed by atoms with van der Waals surface area (Å²) < 4.78 is 0. The van der Waals surface area contributed by atoms with E-state index in [1.165, 1.54) is 5.56 Å². The molecule has 1 aliphatic carbocycles. The van der Waals surface area contributed by atoms with E-state index < -0.39 is 11.9 Å². The zero-order valence-corrected chi connectivity index (χ0v) is 14.7. The van der Waals surface area contributed by atoms with Crippen molar-refractivity contribution in [2.75, 3.05) is 13.1 Å². The van der Waals surface area contributed by atoms with Crippen LogP contribution in [0.25, 0.3) is 0 Å². The van der Waals surface area contributed by atoms with E-state index in [2.05, 4.69) is 34.5 Å². The zero-order chi connectivity index (χ0) is 17.6. The number of amides is 1. The number of carbonyl (C=O) groups excluding carboxylic acids is 1. The minimum Gasteiger partial charge on any atom is -0.481 e. The van der Waals surface area contributed by atoms with E-state index >= 15 is 0 Å². The van der Waals surface area contributed by atoms with Crippen molar-refractivity contribution in [1.82, 2.24) is 10.2 Å². The van der Waals surface area contributed by atoms with Crippen LogP contribution in [-0.2, 0) is 16.1 Å². The van der Waals surface area contributed by atoms with Gasteiger partial charge in [-0.15, -0.1) is 0 Å². The highest BCUT2D eigenvalue weighted by atomic mass is 16.4. The van der Waals surface area contributed by atoms with Crippen molar-refractivity contribution >= 4 is 11.9 Å². The highest BCUT2D eigenvalue weighted by Gasteiger charge is 2.36. The molecule has 25 heavy (non-hydrogen) atoms. The molecule has 0 aromatic heterocycles. The van der Waals surface area contributed by atoms with Gasteiger partial charge in [0.2, 0.25) is 5.91 Å². The number of nitrogens with one attached hydrogen (secondary N) is 1. The van der Waals surface area contributed by atoms with Crippen molar-refractivity contribution in [2.45, 2.75) is 51.1 Å². The molecule has 0 radical (unpaired) electrons. The summed E-state index contributed by atoms with van der Waals surface area (Å²) in [6.45, 7) is 2.88. The molecule has 1 aliphatic heterocycles. The molecule has 0 unspecified atom stereocenters. The van der Waals surface area contributed by atoms with Gasteiger partial charge in [-0.1, -0.05) is 43.2 Å². The third-order valence-corrected chi connectivity index (χ3v) is 5.60. The monoisotopic (exact) mass is 344 g/mol. The minimum atomic E-state index is -0.822. The number of piperidine rings is 1. The van der Waals surface area contributed by atoms with E-state index in [9.17, 15) is 14.7 Å². The fourth-order valence-electron chi connectivity index (χ4n) is 4.13. The van der Waals surface area contributed by atoms with E-state index in [0.717, 1.165) is 45.3 Å². The molecule has 1 saturated carbocycles. The third kappa shape index (κ3) is 4.82. The fourth-order valence-corrected chi connectivity index (χ4v) is 4.13. The van der Waals surface area contributed by atoms with Gasteiger partial charge in [-0.05, 0) is 31.2 Å². The first-order valence-corrected chi connectivity index (χ1v) is 9.43. The summed E-state index contributed by atoms with van der Waals surface area (Å²) in [6.07, 6.45) is 5.07. The van der Waals surface area contributed by atoms with Crippen molar-refractivity contribution < 1.29 is 14.7 Å². The molecular weight excluding hydrogens is 316 g/mol. The number of likely N-dealkylation sites (tertiary alicyclic amines) is 1. The molecule has 1 saturated heterocycles. The molecule has 3 rings (SSSR count). The molecule has 1 aromatic rings. The Morgan fingerprint density at radius 1 is 1.00 bits per heavy atom. The predicted octanol–water partition coefficient (Wildman–Crippen LogP) is 2.66. The van der Waals surface area contributed by atoms with Gasteiger partial charge in [0.1, 0.15) is 0 Å². The number of aliphatic carboxylic acids is 1. The average molecular weight is 344 g/mol. The second-order valence-corrected chi connectivity index (χ2v) is 7.38. The number of hydrogen-bond acceptors (Lipinski definition) is 3. The largest absolute Gasteiger partial charge is 0.481 e. The first kappa shape index (κ1) is 17.9. The van der Waals surface area contributed by atoms with Gasteiger partial charge in [0.25, 0.3) is 0 Å². The van der Waals surface area contributed by atoms with E-state index in [1.807, 2.05) is 6.07 Å². The van der Waals surface area contributed by atoms with Gasteiger partial charge >= 0.3 is 5.97 Å². The van der Waals surface area contributed by atoms with Crippen LogP contribution in [0.15, 0.2) is 30.3 Å². The molecule has 0 spiro atoms. The predicted molar refractivity (Wildman–Crippen MR) is 96.0 cm³/mol. The Hall–Kier alpha value is -1.88. The summed E-state index contributed by atoms with van der Waals surface area (Å²) in [6, 6.07) is 10.6. The SMILES string of the molecule is O=C(O)[C@H]1CCCC[C@@H]1C(=O)NC1CCN(Cc2ccccc2)CC1. The number of nitrogens with zero attached hydrogens (tertiary/aromatic N) is 1. The van der Waals surface area contributed by atoms with Crippen molar-refractivity contribution in [3.05, 3.63) is 35.9 Å². The standard InChI is InChI=1S/C20H28N2O3/c23-19(17-8-4-5-9-18(17)20(24)25)21-16-10-12-22(13-11-16)14-15-6-2-1-3-7-15/h1-3,6-7,16-18H,4-5,8-14H2,(H,21,23)(H,24,25)/t17-,18-/m0/s1. The quantitative estimate of drug-likeness (QED) is 0.862. The molecule has 1 amide bonds. The van der Waals surface area contributed by atoms with Gasteiger partial charge in [-0.2, -0.15) is 0 Å². The van der Waals surface area contributed by atoms with Crippen LogP contribution in [-0.4, -0.2) is 41.0 Å². The van der Waals surface area contributed by atoms with Gasteiger partial charge in [0.15, 0.2) is 0 Å². The van der Waals surface area contributed by atoms with Crippen LogP contribution in [0.2, 0.25) is 0 Å². The summed E-state index contributed by atoms with van der Waals surface area (Å²) in [7, 11) is 0. The Morgan fingerprint density at radius 2 is 1.64 bits per heavy atom. The Kier molecular flexibility index (Phi) is 6.08. The molecule has 1 heterocycles. The summed E-state index contributed by atoms with van der Waals surface area (Å²) in [4.78, 5) is 26.4. The van der Waals surface area contributed by atoms with Crippen LogP contribution >= 0.6 is 0 Å². The van der Waals surface area contributed by atoms with Crippen LogP contribution in [0.1, 0.15) is 44.1 Å². The first-order chi connectivity index (χ1) is 12.1. The summed E-state index contributed by atoms with van der Waals surface area (Å²) >= 11 is 0. The molecule has 1 aromatic carbocycles. The zero-order valence-electron chi connectivity index (χ0n) is 14.7. The van der Waals surface area contributed by atoms with Crippen molar-refractivity contribution in [1.29, 1.82) is 0 Å². The summed E-state index contributed by atoms with van der Waals surface area (Å²) in [5.41, 5.74) is 1.32. The molecule has 2 N–H and O–H groups in total. The van der Waals surface area contributed by atoms with E-state index in [-0.39, 0.29) is 17.9 Å². The lowest BCUT2D eigenvalue weighted by Gasteiger charge is -2.34. The molecule has 136 valence electrons. The highest BCUT2D eigenvalue weighted by Crippen LogP contribution is 2.30. The number of carboxylic acids is 1. The summed E-state index contributed by atoms with van der Waals surface area (Å²) in [5.74, 6) is -1.73. The lowest BCUT2D eigenvalue weighted by molar-refractivity contribution is -0.149. The van der Waals surface area contributed by atoms with Crippen LogP contribution in [0, 0.1) is 11.8 Å². The van der Waals surface area contributed by atoms with Gasteiger partial charge in [0, 0.05) is 25.7 Å². The van der Waals surface area contributed by atoms with Gasteiger partial charge in [0.05, 0.1) is 11.8 Å². The second kappa shape index (κ2) is 8.48. The van der Waals surface area contributed by atoms with Crippen molar-refractivity contribution in [3.8, 4) is 0 Å². The molecule has 5 nitrogen and oxygen atoms in total. The maximum absolute atomic E-state index is 12.6. The third-order valence-electron chi connectivity index (χ3n) is 5.60. The molecule has 0 bridgehead atoms. The fraction of sp³-hybridized carbons (Fsp3) is 0.600. The Morgan fingerprint density at radius 3 is 2.28 bits per heavy atom. The molecule has 2 aliphatic rings. The van der Waals surface area contributed by atoms with Crippen LogP contribution in [0.5, 0.6) is 0 Å². The molecule has 5 heteroatoms. The number of carbonyl (C=O) groups is 2. The Balaban J connectivity index is 1.46. The maximum atomic E-state index is 12.6. The molecule has 2 atom stereocenters. The summed E-state index contributed by atoms with van der Waals surface area (Å²) in [5, 5.41) is 12.5. The van der Waals surface area contributed by atoms with Gasteiger partial charge < -0.3 is 10.4 Å². The lowest BCUT2D eigenvalue weighted by Crippen LogP contribution is -2.48. The maximum Gasteiger partial charge on any atom is 0.307 e. The highest BCUT2D eigenvalue weighted by molar-refractivity contribution is 5.85. The van der Waals surface area contributed by atoms with Crippen LogP contribution < -0.4 is 5.32 Å². The lowest BCUT2D eigenvalue weighted by atomic mass is 9.78. The topological polar surface area (TPSA) is 69.6 Å². The van der Waals surface area contributed by atoms with E-state index in [1.54, 1.807) is 0 Å².